The fourth-order valence-corrected chi connectivity index (χ4v) is 4.64. The van der Waals surface area contributed by atoms with Crippen molar-refractivity contribution in [2.75, 3.05) is 5.73 Å². The van der Waals surface area contributed by atoms with Crippen LogP contribution in [0, 0.1) is 12.8 Å². The second kappa shape index (κ2) is 9.99. The van der Waals surface area contributed by atoms with Gasteiger partial charge in [0.05, 0.1) is 0 Å². The molecule has 1 heterocycles. The third-order valence-corrected chi connectivity index (χ3v) is 6.57. The van der Waals surface area contributed by atoms with Crippen LogP contribution in [-0.2, 0) is 4.79 Å². The number of anilines is 1. The first-order chi connectivity index (χ1) is 15.5. The third kappa shape index (κ3) is 5.37. The van der Waals surface area contributed by atoms with Crippen LogP contribution in [0.1, 0.15) is 68.6 Å². The summed E-state index contributed by atoms with van der Waals surface area (Å²) in [5.74, 6) is 0.722. The molecule has 1 fully saturated rings. The fourth-order valence-electron chi connectivity index (χ4n) is 4.64. The summed E-state index contributed by atoms with van der Waals surface area (Å²) in [7, 11) is 0. The van der Waals surface area contributed by atoms with Crippen LogP contribution < -0.4 is 11.1 Å². The number of allylic oxidation sites excluding steroid dienone is 2. The Kier molecular flexibility index (Phi) is 6.89. The molecule has 4 heteroatoms. The van der Waals surface area contributed by atoms with Crippen molar-refractivity contribution in [3.63, 3.8) is 0 Å². The van der Waals surface area contributed by atoms with Crippen LogP contribution >= 0.6 is 0 Å². The van der Waals surface area contributed by atoms with Gasteiger partial charge in [0.2, 0.25) is 5.91 Å². The molecule has 0 aliphatic heterocycles. The van der Waals surface area contributed by atoms with Gasteiger partial charge in [-0.25, -0.2) is 0 Å². The number of nitrogens with zero attached hydrogens (tertiary/aromatic N) is 1. The Morgan fingerprint density at radius 1 is 1.22 bits per heavy atom. The van der Waals surface area contributed by atoms with E-state index in [4.69, 9.17) is 5.73 Å². The van der Waals surface area contributed by atoms with E-state index in [1.54, 1.807) is 6.20 Å². The lowest BCUT2D eigenvalue weighted by atomic mass is 9.89. The zero-order valence-electron chi connectivity index (χ0n) is 19.2. The molecule has 0 spiro atoms. The summed E-state index contributed by atoms with van der Waals surface area (Å²) < 4.78 is 0. The minimum Gasteiger partial charge on any atom is -0.398 e. The molecule has 2 aliphatic rings. The van der Waals surface area contributed by atoms with E-state index in [0.717, 1.165) is 58.0 Å². The van der Waals surface area contributed by atoms with Crippen LogP contribution in [0.5, 0.6) is 0 Å². The molecule has 1 unspecified atom stereocenters. The Balaban J connectivity index is 1.57. The van der Waals surface area contributed by atoms with E-state index in [0.29, 0.717) is 6.42 Å². The molecule has 32 heavy (non-hydrogen) atoms. The van der Waals surface area contributed by atoms with E-state index in [1.807, 2.05) is 24.4 Å². The highest BCUT2D eigenvalue weighted by Crippen LogP contribution is 2.32. The monoisotopic (exact) mass is 427 g/mol. The summed E-state index contributed by atoms with van der Waals surface area (Å²) in [4.78, 5) is 17.1. The molecule has 1 amide bonds. The number of benzene rings is 1. The quantitative estimate of drug-likeness (QED) is 0.438. The van der Waals surface area contributed by atoms with Gasteiger partial charge in [-0.1, -0.05) is 37.5 Å². The van der Waals surface area contributed by atoms with Gasteiger partial charge in [-0.05, 0) is 79.5 Å². The van der Waals surface area contributed by atoms with Gasteiger partial charge in [-0.2, -0.15) is 0 Å². The topological polar surface area (TPSA) is 68.0 Å². The van der Waals surface area contributed by atoms with Gasteiger partial charge in [0.1, 0.15) is 0 Å². The van der Waals surface area contributed by atoms with Gasteiger partial charge in [-0.3, -0.25) is 9.78 Å². The maximum absolute atomic E-state index is 12.8. The van der Waals surface area contributed by atoms with E-state index in [-0.39, 0.29) is 5.91 Å². The number of aromatic nitrogens is 1. The predicted molar refractivity (Wildman–Crippen MR) is 134 cm³/mol. The van der Waals surface area contributed by atoms with Crippen molar-refractivity contribution in [3.05, 3.63) is 70.7 Å². The Hall–Kier alpha value is -3.14. The number of rotatable bonds is 3. The Morgan fingerprint density at radius 2 is 2.09 bits per heavy atom. The van der Waals surface area contributed by atoms with Crippen LogP contribution in [-0.4, -0.2) is 10.9 Å². The number of fused-ring (bicyclic) bond motifs is 1. The highest BCUT2D eigenvalue weighted by molar-refractivity contribution is 5.91. The maximum Gasteiger partial charge on any atom is 0.248 e. The van der Waals surface area contributed by atoms with Crippen molar-refractivity contribution in [1.82, 2.24) is 10.3 Å². The van der Waals surface area contributed by atoms with E-state index < -0.39 is 0 Å². The summed E-state index contributed by atoms with van der Waals surface area (Å²) in [6.07, 6.45) is 19.3. The van der Waals surface area contributed by atoms with E-state index in [1.165, 1.54) is 31.3 Å². The molecule has 166 valence electrons. The Labute approximate surface area is 191 Å². The molecule has 0 radical (unpaired) electrons. The summed E-state index contributed by atoms with van der Waals surface area (Å²) >= 11 is 0. The van der Waals surface area contributed by atoms with Gasteiger partial charge in [0, 0.05) is 47.4 Å². The highest BCUT2D eigenvalue weighted by atomic mass is 16.1. The second-order valence-corrected chi connectivity index (χ2v) is 9.22. The van der Waals surface area contributed by atoms with Gasteiger partial charge in [-0.15, -0.1) is 0 Å². The van der Waals surface area contributed by atoms with Crippen molar-refractivity contribution < 1.29 is 4.79 Å². The van der Waals surface area contributed by atoms with E-state index in [2.05, 4.69) is 48.4 Å². The molecule has 1 atom stereocenters. The number of nitrogen functional groups attached to an aromatic ring is 1. The molecule has 0 saturated heterocycles. The average Bonchev–Trinajstić information content (AvgIpc) is 2.95. The number of pyridine rings is 1. The SMILES string of the molecule is Cc1ccncc1-c1cc(N)c2c(c1)C=C(NC(=O)/C=C1\CCCCC(C)CC1)CC=C2. The standard InChI is InChI=1S/C28H33N3O/c1-19-6-3-4-7-21(11-10-19)14-28(32)31-24-8-5-9-25-22(16-24)15-23(17-27(25)29)26-18-30-13-12-20(26)2/h5,9,12-19H,3-4,6-8,10-11,29H2,1-2H3,(H,31,32)/b21-14+. The van der Waals surface area contributed by atoms with Gasteiger partial charge in [0.25, 0.3) is 0 Å². The highest BCUT2D eigenvalue weighted by Gasteiger charge is 2.14. The molecular formula is C28H33N3O. The minimum atomic E-state index is -0.0245. The zero-order valence-corrected chi connectivity index (χ0v) is 19.2. The number of nitrogens with two attached hydrogens (primary N) is 1. The fraction of sp³-hybridized carbons (Fsp3) is 0.357. The molecule has 2 aliphatic carbocycles. The van der Waals surface area contributed by atoms with E-state index in [9.17, 15) is 4.79 Å². The van der Waals surface area contributed by atoms with Crippen molar-refractivity contribution in [2.45, 2.75) is 58.8 Å². The Bertz CT molecular complexity index is 1090. The van der Waals surface area contributed by atoms with Crippen LogP contribution in [0.3, 0.4) is 0 Å². The van der Waals surface area contributed by atoms with Gasteiger partial charge >= 0.3 is 0 Å². The molecule has 4 nitrogen and oxygen atoms in total. The van der Waals surface area contributed by atoms with Crippen molar-refractivity contribution in [1.29, 1.82) is 0 Å². The molecule has 3 N–H and O–H groups in total. The van der Waals surface area contributed by atoms with Crippen molar-refractivity contribution >= 4 is 23.7 Å². The normalized spacial score (nSPS) is 20.0. The summed E-state index contributed by atoms with van der Waals surface area (Å²) in [5, 5.41) is 3.13. The summed E-state index contributed by atoms with van der Waals surface area (Å²) in [6.45, 7) is 4.39. The smallest absolute Gasteiger partial charge is 0.248 e. The number of hydrogen-bond acceptors (Lipinski definition) is 3. The second-order valence-electron chi connectivity index (χ2n) is 9.22. The number of carbonyl (C=O) groups is 1. The Morgan fingerprint density at radius 3 is 2.94 bits per heavy atom. The van der Waals surface area contributed by atoms with Crippen LogP contribution in [0.2, 0.25) is 0 Å². The van der Waals surface area contributed by atoms with Crippen LogP contribution in [0.25, 0.3) is 23.3 Å². The summed E-state index contributed by atoms with van der Waals surface area (Å²) in [5.41, 5.74) is 14.6. The molecule has 4 rings (SSSR count). The number of carbonyl (C=O) groups excluding carboxylic acids is 1. The predicted octanol–water partition coefficient (Wildman–Crippen LogP) is 6.43. The molecule has 0 bridgehead atoms. The lowest BCUT2D eigenvalue weighted by Gasteiger charge is -2.17. The van der Waals surface area contributed by atoms with Crippen LogP contribution in [0.4, 0.5) is 5.69 Å². The van der Waals surface area contributed by atoms with Gasteiger partial charge in [0.15, 0.2) is 0 Å². The number of amides is 1. The van der Waals surface area contributed by atoms with Gasteiger partial charge < -0.3 is 11.1 Å². The molecular weight excluding hydrogens is 394 g/mol. The van der Waals surface area contributed by atoms with Crippen molar-refractivity contribution in [3.8, 4) is 11.1 Å². The zero-order chi connectivity index (χ0) is 22.5. The first-order valence-corrected chi connectivity index (χ1v) is 11.7. The first kappa shape index (κ1) is 22.1. The number of nitrogens with one attached hydrogen (secondary N) is 1. The molecule has 1 saturated carbocycles. The largest absolute Gasteiger partial charge is 0.398 e. The van der Waals surface area contributed by atoms with E-state index >= 15 is 0 Å². The molecule has 1 aromatic heterocycles. The number of aryl methyl sites for hydroxylation is 1. The van der Waals surface area contributed by atoms with Crippen LogP contribution in [0.15, 0.2) is 54.0 Å². The number of hydrogen-bond donors (Lipinski definition) is 2. The molecule has 1 aromatic carbocycles. The lowest BCUT2D eigenvalue weighted by Crippen LogP contribution is -2.20. The third-order valence-electron chi connectivity index (χ3n) is 6.57. The molecule has 2 aromatic rings. The maximum atomic E-state index is 12.8. The van der Waals surface area contributed by atoms with Crippen molar-refractivity contribution in [2.24, 2.45) is 5.92 Å². The minimum absolute atomic E-state index is 0.0245. The summed E-state index contributed by atoms with van der Waals surface area (Å²) in [6, 6.07) is 6.14. The average molecular weight is 428 g/mol. The lowest BCUT2D eigenvalue weighted by molar-refractivity contribution is -0.115. The first-order valence-electron chi connectivity index (χ1n) is 11.7.